The third-order valence-corrected chi connectivity index (χ3v) is 3.50. The van der Waals surface area contributed by atoms with Gasteiger partial charge in [-0.25, -0.2) is 9.79 Å². The van der Waals surface area contributed by atoms with Crippen molar-refractivity contribution in [1.82, 2.24) is 0 Å². The second kappa shape index (κ2) is 6.58. The third kappa shape index (κ3) is 3.55. The van der Waals surface area contributed by atoms with Gasteiger partial charge >= 0.3 is 5.97 Å². The Morgan fingerprint density at radius 2 is 1.91 bits per heavy atom. The molecule has 1 heterocycles. The van der Waals surface area contributed by atoms with Gasteiger partial charge in [-0.3, -0.25) is 4.79 Å². The average Bonchev–Trinajstić information content (AvgIpc) is 2.94. The number of nitrogens with zero attached hydrogens (tertiary/aromatic N) is 1. The van der Waals surface area contributed by atoms with Gasteiger partial charge in [0.05, 0.1) is 0 Å². The Labute approximate surface area is 138 Å². The van der Waals surface area contributed by atoms with E-state index in [4.69, 9.17) is 16.3 Å². The maximum atomic E-state index is 12.1. The Bertz CT molecular complexity index is 825. The van der Waals surface area contributed by atoms with Crippen molar-refractivity contribution in [2.75, 3.05) is 0 Å². The van der Waals surface area contributed by atoms with E-state index in [-0.39, 0.29) is 23.8 Å². The zero-order valence-corrected chi connectivity index (χ0v) is 12.8. The van der Waals surface area contributed by atoms with E-state index in [2.05, 4.69) is 4.99 Å². The summed E-state index contributed by atoms with van der Waals surface area (Å²) >= 11 is 5.86. The van der Waals surface area contributed by atoms with Crippen LogP contribution in [0.15, 0.2) is 71.4 Å². The van der Waals surface area contributed by atoms with E-state index in [1.165, 1.54) is 6.08 Å². The first kappa shape index (κ1) is 15.2. The van der Waals surface area contributed by atoms with Crippen LogP contribution in [0.5, 0.6) is 0 Å². The number of halogens is 1. The van der Waals surface area contributed by atoms with E-state index in [0.29, 0.717) is 16.1 Å². The predicted molar refractivity (Wildman–Crippen MR) is 87.6 cm³/mol. The highest BCUT2D eigenvalue weighted by molar-refractivity contribution is 6.31. The van der Waals surface area contributed by atoms with Crippen molar-refractivity contribution in [3.05, 3.63) is 82.5 Å². The summed E-state index contributed by atoms with van der Waals surface area (Å²) in [7, 11) is 0. The van der Waals surface area contributed by atoms with Gasteiger partial charge in [-0.15, -0.1) is 0 Å². The van der Waals surface area contributed by atoms with Crippen LogP contribution in [-0.4, -0.2) is 17.7 Å². The molecular formula is C18H12ClNO3. The molecule has 0 aromatic heterocycles. The monoisotopic (exact) mass is 325 g/mol. The first-order valence-corrected chi connectivity index (χ1v) is 7.36. The molecular weight excluding hydrogens is 314 g/mol. The molecule has 0 bridgehead atoms. The molecule has 0 N–H and O–H groups in total. The van der Waals surface area contributed by atoms with Gasteiger partial charge in [0.15, 0.2) is 5.78 Å². The van der Waals surface area contributed by atoms with Gasteiger partial charge in [0.1, 0.15) is 5.70 Å². The predicted octanol–water partition coefficient (Wildman–Crippen LogP) is 3.80. The summed E-state index contributed by atoms with van der Waals surface area (Å²) in [5.74, 6) is -0.448. The number of ketones is 1. The molecule has 0 saturated heterocycles. The Morgan fingerprint density at radius 3 is 2.65 bits per heavy atom. The zero-order chi connectivity index (χ0) is 16.2. The molecule has 0 spiro atoms. The zero-order valence-electron chi connectivity index (χ0n) is 12.0. The van der Waals surface area contributed by atoms with Crippen LogP contribution in [0.4, 0.5) is 0 Å². The second-order valence-corrected chi connectivity index (χ2v) is 5.34. The van der Waals surface area contributed by atoms with Gasteiger partial charge in [0.25, 0.3) is 0 Å². The number of aliphatic imine (C=N–C) groups is 1. The third-order valence-electron chi connectivity index (χ3n) is 3.27. The standard InChI is InChI=1S/C18H12ClNO3/c19-14-8-4-7-13(11-14)16(21)10-9-15-18(22)23-17(20-15)12-5-2-1-3-6-12/h1-9,11H,10H2/b15-9-. The number of carbonyl (C=O) groups excluding carboxylic acids is 2. The lowest BCUT2D eigenvalue weighted by Crippen LogP contribution is -2.05. The van der Waals surface area contributed by atoms with Crippen LogP contribution in [0.25, 0.3) is 0 Å². The molecule has 0 atom stereocenters. The SMILES string of the molecule is O=C1OC(c2ccccc2)=N/C1=C\CC(=O)c1cccc(Cl)c1. The molecule has 2 aromatic carbocycles. The molecule has 0 saturated carbocycles. The molecule has 0 unspecified atom stereocenters. The van der Waals surface area contributed by atoms with Crippen molar-refractivity contribution in [2.45, 2.75) is 6.42 Å². The topological polar surface area (TPSA) is 55.7 Å². The number of allylic oxidation sites excluding steroid dienone is 1. The molecule has 0 radical (unpaired) electrons. The quantitative estimate of drug-likeness (QED) is 0.488. The number of hydrogen-bond acceptors (Lipinski definition) is 4. The van der Waals surface area contributed by atoms with Gasteiger partial charge in [-0.2, -0.15) is 0 Å². The first-order valence-electron chi connectivity index (χ1n) is 6.99. The minimum absolute atomic E-state index is 0.0519. The smallest absolute Gasteiger partial charge is 0.363 e. The summed E-state index contributed by atoms with van der Waals surface area (Å²) in [6.07, 6.45) is 1.53. The summed E-state index contributed by atoms with van der Waals surface area (Å²) in [4.78, 5) is 28.1. The Kier molecular flexibility index (Phi) is 4.35. The van der Waals surface area contributed by atoms with E-state index < -0.39 is 5.97 Å². The minimum Gasteiger partial charge on any atom is -0.402 e. The van der Waals surface area contributed by atoms with Crippen molar-refractivity contribution in [2.24, 2.45) is 4.99 Å². The molecule has 2 aromatic rings. The summed E-state index contributed by atoms with van der Waals surface area (Å²) in [5.41, 5.74) is 1.35. The number of benzene rings is 2. The second-order valence-electron chi connectivity index (χ2n) is 4.90. The summed E-state index contributed by atoms with van der Waals surface area (Å²) in [5, 5.41) is 0.494. The van der Waals surface area contributed by atoms with Gasteiger partial charge in [-0.1, -0.05) is 41.9 Å². The van der Waals surface area contributed by atoms with Crippen molar-refractivity contribution in [3.8, 4) is 0 Å². The van der Waals surface area contributed by atoms with E-state index in [9.17, 15) is 9.59 Å². The van der Waals surface area contributed by atoms with Crippen LogP contribution in [0.3, 0.4) is 0 Å². The molecule has 4 nitrogen and oxygen atoms in total. The van der Waals surface area contributed by atoms with Crippen LogP contribution in [0, 0.1) is 0 Å². The fourth-order valence-corrected chi connectivity index (χ4v) is 2.31. The van der Waals surface area contributed by atoms with Crippen molar-refractivity contribution in [1.29, 1.82) is 0 Å². The number of hydrogen-bond donors (Lipinski definition) is 0. The van der Waals surface area contributed by atoms with Crippen LogP contribution < -0.4 is 0 Å². The lowest BCUT2D eigenvalue weighted by molar-refractivity contribution is -0.130. The van der Waals surface area contributed by atoms with Crippen molar-refractivity contribution < 1.29 is 14.3 Å². The lowest BCUT2D eigenvalue weighted by Gasteiger charge is -1.98. The van der Waals surface area contributed by atoms with E-state index in [1.807, 2.05) is 18.2 Å². The maximum Gasteiger partial charge on any atom is 0.363 e. The molecule has 0 fully saturated rings. The molecule has 114 valence electrons. The van der Waals surface area contributed by atoms with Gasteiger partial charge in [0, 0.05) is 22.6 Å². The summed E-state index contributed by atoms with van der Waals surface area (Å²) in [6.45, 7) is 0. The van der Waals surface area contributed by atoms with Gasteiger partial charge < -0.3 is 4.74 Å². The molecule has 23 heavy (non-hydrogen) atoms. The average molecular weight is 326 g/mol. The van der Waals surface area contributed by atoms with Gasteiger partial charge in [0.2, 0.25) is 5.90 Å². The number of ether oxygens (including phenoxy) is 1. The highest BCUT2D eigenvalue weighted by atomic mass is 35.5. The van der Waals surface area contributed by atoms with Crippen LogP contribution in [0.1, 0.15) is 22.3 Å². The molecule has 1 aliphatic heterocycles. The Hall–Kier alpha value is -2.72. The fourth-order valence-electron chi connectivity index (χ4n) is 2.12. The number of Topliss-reactive ketones (excluding diaryl/α,β-unsaturated/α-hetero) is 1. The summed E-state index contributed by atoms with van der Waals surface area (Å²) in [6, 6.07) is 15.8. The molecule has 1 aliphatic rings. The largest absolute Gasteiger partial charge is 0.402 e. The number of esters is 1. The molecule has 0 aliphatic carbocycles. The van der Waals surface area contributed by atoms with Crippen LogP contribution >= 0.6 is 11.6 Å². The molecule has 0 amide bonds. The number of rotatable bonds is 4. The first-order chi connectivity index (χ1) is 11.1. The van der Waals surface area contributed by atoms with Crippen LogP contribution in [0.2, 0.25) is 5.02 Å². The highest BCUT2D eigenvalue weighted by Crippen LogP contribution is 2.18. The van der Waals surface area contributed by atoms with Crippen LogP contribution in [-0.2, 0) is 9.53 Å². The van der Waals surface area contributed by atoms with Crippen molar-refractivity contribution >= 4 is 29.3 Å². The maximum absolute atomic E-state index is 12.1. The molecule has 3 rings (SSSR count). The normalized spacial score (nSPS) is 15.4. The van der Waals surface area contributed by atoms with E-state index in [1.54, 1.807) is 36.4 Å². The van der Waals surface area contributed by atoms with Crippen molar-refractivity contribution in [3.63, 3.8) is 0 Å². The Balaban J connectivity index is 1.76. The van der Waals surface area contributed by atoms with Gasteiger partial charge in [-0.05, 0) is 30.3 Å². The summed E-state index contributed by atoms with van der Waals surface area (Å²) < 4.78 is 5.13. The number of cyclic esters (lactones) is 1. The highest BCUT2D eigenvalue weighted by Gasteiger charge is 2.24. The van der Waals surface area contributed by atoms with E-state index in [0.717, 1.165) is 0 Å². The van der Waals surface area contributed by atoms with E-state index >= 15 is 0 Å². The number of carbonyl (C=O) groups is 2. The fraction of sp³-hybridized carbons (Fsp3) is 0.0556. The Morgan fingerprint density at radius 1 is 1.13 bits per heavy atom. The lowest BCUT2D eigenvalue weighted by atomic mass is 10.1. The minimum atomic E-state index is -0.553. The molecule has 5 heteroatoms.